The molecule has 1 atom stereocenters. The summed E-state index contributed by atoms with van der Waals surface area (Å²) in [5, 5.41) is 2.48. The van der Waals surface area contributed by atoms with E-state index in [2.05, 4.69) is 5.32 Å². The third-order valence-electron chi connectivity index (χ3n) is 2.85. The molecule has 4 nitrogen and oxygen atoms in total. The van der Waals surface area contributed by atoms with Crippen LogP contribution in [0.15, 0.2) is 24.3 Å². The summed E-state index contributed by atoms with van der Waals surface area (Å²) in [7, 11) is -3.16. The highest BCUT2D eigenvalue weighted by Gasteiger charge is 2.30. The van der Waals surface area contributed by atoms with Crippen molar-refractivity contribution in [1.29, 1.82) is 0 Å². The van der Waals surface area contributed by atoms with Gasteiger partial charge in [-0.3, -0.25) is 0 Å². The standard InChI is InChI=1S/C11H15FN2O2S/c1-17(15,16)11-8-13-6-7-14(11)10-4-2-9(12)3-5-10/h2-5,11,13H,6-8H2,1H3. The average molecular weight is 258 g/mol. The van der Waals surface area contributed by atoms with Crippen molar-refractivity contribution in [3.05, 3.63) is 30.1 Å². The molecule has 0 radical (unpaired) electrons. The summed E-state index contributed by atoms with van der Waals surface area (Å²) in [6.45, 7) is 1.73. The molecule has 1 aliphatic rings. The molecule has 1 aromatic rings. The van der Waals surface area contributed by atoms with E-state index in [1.807, 2.05) is 0 Å². The van der Waals surface area contributed by atoms with Gasteiger partial charge in [0.25, 0.3) is 0 Å². The molecule has 1 unspecified atom stereocenters. The van der Waals surface area contributed by atoms with Crippen LogP contribution >= 0.6 is 0 Å². The second-order valence-corrected chi connectivity index (χ2v) is 6.36. The first-order valence-electron chi connectivity index (χ1n) is 5.40. The zero-order chi connectivity index (χ0) is 12.5. The number of rotatable bonds is 2. The molecule has 0 aromatic heterocycles. The lowest BCUT2D eigenvalue weighted by Crippen LogP contribution is -2.54. The number of nitrogens with zero attached hydrogens (tertiary/aromatic N) is 1. The van der Waals surface area contributed by atoms with Gasteiger partial charge in [-0.05, 0) is 24.3 Å². The van der Waals surface area contributed by atoms with E-state index in [4.69, 9.17) is 0 Å². The first kappa shape index (κ1) is 12.3. The minimum Gasteiger partial charge on any atom is -0.353 e. The van der Waals surface area contributed by atoms with Crippen molar-refractivity contribution >= 4 is 15.5 Å². The molecule has 1 saturated heterocycles. The van der Waals surface area contributed by atoms with Gasteiger partial charge in [0.15, 0.2) is 9.84 Å². The van der Waals surface area contributed by atoms with Crippen molar-refractivity contribution in [1.82, 2.24) is 5.32 Å². The van der Waals surface area contributed by atoms with Gasteiger partial charge in [0.2, 0.25) is 0 Å². The Kier molecular flexibility index (Phi) is 3.35. The van der Waals surface area contributed by atoms with Crippen LogP contribution in [0.3, 0.4) is 0 Å². The Hall–Kier alpha value is -1.14. The topological polar surface area (TPSA) is 49.4 Å². The molecule has 0 spiro atoms. The van der Waals surface area contributed by atoms with Gasteiger partial charge in [0.1, 0.15) is 11.2 Å². The Balaban J connectivity index is 2.31. The van der Waals surface area contributed by atoms with Crippen LogP contribution in [-0.2, 0) is 9.84 Å². The zero-order valence-corrected chi connectivity index (χ0v) is 10.4. The molecule has 6 heteroatoms. The van der Waals surface area contributed by atoms with Gasteiger partial charge in [0.05, 0.1) is 0 Å². The molecule has 2 rings (SSSR count). The van der Waals surface area contributed by atoms with Crippen molar-refractivity contribution in [2.45, 2.75) is 5.37 Å². The number of halogens is 1. The van der Waals surface area contributed by atoms with Gasteiger partial charge in [-0.2, -0.15) is 0 Å². The monoisotopic (exact) mass is 258 g/mol. The van der Waals surface area contributed by atoms with Gasteiger partial charge < -0.3 is 10.2 Å². The Morgan fingerprint density at radius 3 is 2.59 bits per heavy atom. The van der Waals surface area contributed by atoms with Crippen LogP contribution in [0.5, 0.6) is 0 Å². The molecular weight excluding hydrogens is 243 g/mol. The molecule has 94 valence electrons. The molecule has 0 aliphatic carbocycles. The summed E-state index contributed by atoms with van der Waals surface area (Å²) in [5.74, 6) is -0.320. The fourth-order valence-corrected chi connectivity index (χ4v) is 3.10. The average Bonchev–Trinajstić information content (AvgIpc) is 2.29. The van der Waals surface area contributed by atoms with Crippen LogP contribution in [0.1, 0.15) is 0 Å². The quantitative estimate of drug-likeness (QED) is 0.844. The van der Waals surface area contributed by atoms with Crippen LogP contribution in [0.4, 0.5) is 10.1 Å². The van der Waals surface area contributed by atoms with E-state index in [-0.39, 0.29) is 5.82 Å². The van der Waals surface area contributed by atoms with Crippen LogP contribution < -0.4 is 10.2 Å². The first-order valence-corrected chi connectivity index (χ1v) is 7.36. The summed E-state index contributed by atoms with van der Waals surface area (Å²) < 4.78 is 36.2. The Morgan fingerprint density at radius 2 is 2.00 bits per heavy atom. The summed E-state index contributed by atoms with van der Waals surface area (Å²) >= 11 is 0. The smallest absolute Gasteiger partial charge is 0.169 e. The molecule has 1 aliphatic heterocycles. The molecule has 1 N–H and O–H groups in total. The minimum absolute atomic E-state index is 0.320. The Labute approximate surface area is 100 Å². The molecule has 0 saturated carbocycles. The van der Waals surface area contributed by atoms with Crippen LogP contribution in [0, 0.1) is 5.82 Å². The number of anilines is 1. The van der Waals surface area contributed by atoms with Crippen LogP contribution in [0.25, 0.3) is 0 Å². The van der Waals surface area contributed by atoms with E-state index in [9.17, 15) is 12.8 Å². The molecule has 0 bridgehead atoms. The summed E-state index contributed by atoms with van der Waals surface area (Å²) in [6, 6.07) is 5.91. The maximum Gasteiger partial charge on any atom is 0.169 e. The third-order valence-corrected chi connectivity index (χ3v) is 4.26. The van der Waals surface area contributed by atoms with Crippen molar-refractivity contribution in [3.8, 4) is 0 Å². The molecule has 0 amide bonds. The van der Waals surface area contributed by atoms with E-state index in [1.54, 1.807) is 17.0 Å². The van der Waals surface area contributed by atoms with Crippen molar-refractivity contribution in [2.24, 2.45) is 0 Å². The van der Waals surface area contributed by atoms with E-state index in [0.717, 1.165) is 12.2 Å². The van der Waals surface area contributed by atoms with Gasteiger partial charge in [-0.25, -0.2) is 12.8 Å². The fraction of sp³-hybridized carbons (Fsp3) is 0.455. The predicted molar refractivity (Wildman–Crippen MR) is 65.2 cm³/mol. The minimum atomic E-state index is -3.16. The number of benzene rings is 1. The van der Waals surface area contributed by atoms with Crippen molar-refractivity contribution < 1.29 is 12.8 Å². The summed E-state index contributed by atoms with van der Waals surface area (Å²) in [5.41, 5.74) is 0.739. The van der Waals surface area contributed by atoms with Crippen LogP contribution in [0.2, 0.25) is 0 Å². The summed E-state index contributed by atoms with van der Waals surface area (Å²) in [4.78, 5) is 1.80. The largest absolute Gasteiger partial charge is 0.353 e. The predicted octanol–water partition coefficient (Wildman–Crippen LogP) is 0.606. The molecule has 1 aromatic carbocycles. The van der Waals surface area contributed by atoms with Crippen LogP contribution in [-0.4, -0.2) is 39.7 Å². The van der Waals surface area contributed by atoms with E-state index >= 15 is 0 Å². The second kappa shape index (κ2) is 4.62. The van der Waals surface area contributed by atoms with E-state index < -0.39 is 15.2 Å². The van der Waals surface area contributed by atoms with Crippen molar-refractivity contribution in [2.75, 3.05) is 30.8 Å². The van der Waals surface area contributed by atoms with Crippen molar-refractivity contribution in [3.63, 3.8) is 0 Å². The number of sulfone groups is 1. The van der Waals surface area contributed by atoms with Gasteiger partial charge in [-0.1, -0.05) is 0 Å². The number of piperazine rings is 1. The number of hydrogen-bond acceptors (Lipinski definition) is 4. The highest BCUT2D eigenvalue weighted by molar-refractivity contribution is 7.91. The molecule has 17 heavy (non-hydrogen) atoms. The third kappa shape index (κ3) is 2.76. The highest BCUT2D eigenvalue weighted by atomic mass is 32.2. The van der Waals surface area contributed by atoms with E-state index in [1.165, 1.54) is 18.4 Å². The lowest BCUT2D eigenvalue weighted by atomic mass is 10.2. The lowest BCUT2D eigenvalue weighted by molar-refractivity contribution is 0.521. The maximum absolute atomic E-state index is 12.8. The Morgan fingerprint density at radius 1 is 1.35 bits per heavy atom. The Bertz CT molecular complexity index is 487. The SMILES string of the molecule is CS(=O)(=O)C1CNCCN1c1ccc(F)cc1. The lowest BCUT2D eigenvalue weighted by Gasteiger charge is -2.36. The number of hydrogen-bond donors (Lipinski definition) is 1. The number of nitrogens with one attached hydrogen (secondary N) is 1. The maximum atomic E-state index is 12.8. The molecule has 1 fully saturated rings. The van der Waals surface area contributed by atoms with Gasteiger partial charge in [-0.15, -0.1) is 0 Å². The molecule has 1 heterocycles. The van der Waals surface area contributed by atoms with E-state index in [0.29, 0.717) is 13.1 Å². The first-order chi connectivity index (χ1) is 7.98. The zero-order valence-electron chi connectivity index (χ0n) is 9.56. The van der Waals surface area contributed by atoms with Gasteiger partial charge >= 0.3 is 0 Å². The fourth-order valence-electron chi connectivity index (χ4n) is 1.99. The molecular formula is C11H15FN2O2S. The second-order valence-electron chi connectivity index (χ2n) is 4.16. The summed E-state index contributed by atoms with van der Waals surface area (Å²) in [6.07, 6.45) is 1.22. The normalized spacial score (nSPS) is 21.5. The highest BCUT2D eigenvalue weighted by Crippen LogP contribution is 2.21. The van der Waals surface area contributed by atoms with Gasteiger partial charge in [0, 0.05) is 31.6 Å².